The van der Waals surface area contributed by atoms with E-state index in [4.69, 9.17) is 0 Å². The second kappa shape index (κ2) is 6.49. The third-order valence-corrected chi connectivity index (χ3v) is 5.82. The van der Waals surface area contributed by atoms with Gasteiger partial charge in [-0.25, -0.2) is 0 Å². The van der Waals surface area contributed by atoms with E-state index in [1.165, 1.54) is 30.9 Å². The van der Waals surface area contributed by atoms with Gasteiger partial charge in [0, 0.05) is 25.0 Å². The lowest BCUT2D eigenvalue weighted by molar-refractivity contribution is -0.136. The van der Waals surface area contributed by atoms with Crippen molar-refractivity contribution < 1.29 is 4.79 Å². The maximum absolute atomic E-state index is 12.4. The highest BCUT2D eigenvalue weighted by Crippen LogP contribution is 2.28. The summed E-state index contributed by atoms with van der Waals surface area (Å²) in [5.74, 6) is 4.09. The summed E-state index contributed by atoms with van der Waals surface area (Å²) in [6.07, 6.45) is 7.35. The van der Waals surface area contributed by atoms with Crippen LogP contribution in [0.25, 0.3) is 0 Å². The molecule has 1 amide bonds. The van der Waals surface area contributed by atoms with Gasteiger partial charge < -0.3 is 10.2 Å². The maximum atomic E-state index is 12.4. The molecule has 4 heteroatoms. The first-order valence-electron chi connectivity index (χ1n) is 7.93. The lowest BCUT2D eigenvalue weighted by Crippen LogP contribution is -2.47. The molecule has 0 aromatic heterocycles. The van der Waals surface area contributed by atoms with Crippen molar-refractivity contribution >= 4 is 17.7 Å². The molecular weight excluding hydrogens is 256 g/mol. The minimum Gasteiger partial charge on any atom is -0.342 e. The van der Waals surface area contributed by atoms with Crippen molar-refractivity contribution in [1.29, 1.82) is 0 Å². The fourth-order valence-electron chi connectivity index (χ4n) is 3.16. The normalized spacial score (nSPS) is 26.6. The van der Waals surface area contributed by atoms with Crippen LogP contribution >= 0.6 is 11.8 Å². The van der Waals surface area contributed by atoms with E-state index in [2.05, 4.69) is 10.2 Å². The summed E-state index contributed by atoms with van der Waals surface area (Å²) in [7, 11) is 0. The van der Waals surface area contributed by atoms with E-state index in [0.29, 0.717) is 17.9 Å². The Bertz CT molecular complexity index is 305. The zero-order valence-corrected chi connectivity index (χ0v) is 12.6. The maximum Gasteiger partial charge on any atom is 0.225 e. The first kappa shape index (κ1) is 13.7. The van der Waals surface area contributed by atoms with Crippen LogP contribution in [0.3, 0.4) is 0 Å². The Morgan fingerprint density at radius 1 is 1.05 bits per heavy atom. The fraction of sp³-hybridized carbons (Fsp3) is 0.933. The Balaban J connectivity index is 1.39. The van der Waals surface area contributed by atoms with Gasteiger partial charge in [0.15, 0.2) is 0 Å². The van der Waals surface area contributed by atoms with Gasteiger partial charge in [-0.2, -0.15) is 11.8 Å². The van der Waals surface area contributed by atoms with Gasteiger partial charge in [0.25, 0.3) is 0 Å². The van der Waals surface area contributed by atoms with Crippen LogP contribution in [0, 0.1) is 11.8 Å². The van der Waals surface area contributed by atoms with Gasteiger partial charge in [0.1, 0.15) is 0 Å². The molecule has 3 nitrogen and oxygen atoms in total. The molecule has 1 saturated carbocycles. The minimum atomic E-state index is 0.331. The second-order valence-corrected chi connectivity index (χ2v) is 7.56. The predicted molar refractivity (Wildman–Crippen MR) is 80.4 cm³/mol. The summed E-state index contributed by atoms with van der Waals surface area (Å²) >= 11 is 2.00. The van der Waals surface area contributed by atoms with Crippen molar-refractivity contribution in [2.45, 2.75) is 44.6 Å². The molecule has 0 aromatic rings. The molecule has 3 rings (SSSR count). The third kappa shape index (κ3) is 3.88. The molecule has 2 saturated heterocycles. The van der Waals surface area contributed by atoms with Crippen molar-refractivity contribution in [2.75, 3.05) is 31.1 Å². The number of nitrogens with zero attached hydrogens (tertiary/aromatic N) is 1. The van der Waals surface area contributed by atoms with Crippen LogP contribution in [0.15, 0.2) is 0 Å². The molecule has 3 fully saturated rings. The first-order valence-corrected chi connectivity index (χ1v) is 9.08. The summed E-state index contributed by atoms with van der Waals surface area (Å²) in [5, 5.41) is 3.68. The monoisotopic (exact) mass is 282 g/mol. The molecule has 1 N–H and O–H groups in total. The summed E-state index contributed by atoms with van der Waals surface area (Å²) in [4.78, 5) is 14.6. The van der Waals surface area contributed by atoms with Crippen molar-refractivity contribution in [3.63, 3.8) is 0 Å². The molecule has 0 radical (unpaired) electrons. The second-order valence-electron chi connectivity index (χ2n) is 6.34. The molecule has 3 aliphatic rings. The van der Waals surface area contributed by atoms with Gasteiger partial charge in [-0.05, 0) is 62.5 Å². The number of hydrogen-bond acceptors (Lipinski definition) is 3. The van der Waals surface area contributed by atoms with E-state index in [9.17, 15) is 4.79 Å². The summed E-state index contributed by atoms with van der Waals surface area (Å²) in [5.41, 5.74) is 0. The number of carbonyl (C=O) groups excluding carboxylic acids is 1. The molecule has 0 aromatic carbocycles. The molecule has 0 unspecified atom stereocenters. The van der Waals surface area contributed by atoms with Crippen LogP contribution in [0.5, 0.6) is 0 Å². The van der Waals surface area contributed by atoms with Crippen LogP contribution in [0.1, 0.15) is 38.5 Å². The highest BCUT2D eigenvalue weighted by molar-refractivity contribution is 7.99. The zero-order chi connectivity index (χ0) is 13.1. The number of likely N-dealkylation sites (tertiary alicyclic amines) is 1. The molecule has 108 valence electrons. The van der Waals surface area contributed by atoms with E-state index >= 15 is 0 Å². The number of rotatable bonds is 4. The molecule has 0 spiro atoms. The molecule has 0 bridgehead atoms. The van der Waals surface area contributed by atoms with Crippen molar-refractivity contribution in [3.05, 3.63) is 0 Å². The SMILES string of the molecule is O=C(C1CCSCC1)N1CCC(NCC2CC2)CC1. The van der Waals surface area contributed by atoms with Crippen molar-refractivity contribution in [2.24, 2.45) is 11.8 Å². The minimum absolute atomic E-state index is 0.331. The lowest BCUT2D eigenvalue weighted by atomic mass is 9.98. The summed E-state index contributed by atoms with van der Waals surface area (Å²) in [6.45, 7) is 3.16. The molecular formula is C15H26N2OS. The van der Waals surface area contributed by atoms with Crippen molar-refractivity contribution in [1.82, 2.24) is 10.2 Å². The van der Waals surface area contributed by atoms with Gasteiger partial charge in [-0.1, -0.05) is 0 Å². The Morgan fingerprint density at radius 2 is 1.74 bits per heavy atom. The van der Waals surface area contributed by atoms with E-state index in [-0.39, 0.29) is 0 Å². The summed E-state index contributed by atoms with van der Waals surface area (Å²) < 4.78 is 0. The standard InChI is InChI=1S/C15H26N2OS/c18-15(13-5-9-19-10-6-13)17-7-3-14(4-8-17)16-11-12-1-2-12/h12-14,16H,1-11H2. The van der Waals surface area contributed by atoms with Gasteiger partial charge >= 0.3 is 0 Å². The van der Waals surface area contributed by atoms with E-state index < -0.39 is 0 Å². The predicted octanol–water partition coefficient (Wildman–Crippen LogP) is 2.12. The quantitative estimate of drug-likeness (QED) is 0.857. The van der Waals surface area contributed by atoms with E-state index in [1.807, 2.05) is 11.8 Å². The first-order chi connectivity index (χ1) is 9.33. The average molecular weight is 282 g/mol. The Hall–Kier alpha value is -0.220. The third-order valence-electron chi connectivity index (χ3n) is 4.77. The number of piperidine rings is 1. The largest absolute Gasteiger partial charge is 0.342 e. The Morgan fingerprint density at radius 3 is 2.37 bits per heavy atom. The molecule has 19 heavy (non-hydrogen) atoms. The molecule has 0 atom stereocenters. The molecule has 2 aliphatic heterocycles. The number of hydrogen-bond donors (Lipinski definition) is 1. The highest BCUT2D eigenvalue weighted by atomic mass is 32.2. The van der Waals surface area contributed by atoms with Crippen LogP contribution in [0.2, 0.25) is 0 Å². The van der Waals surface area contributed by atoms with Crippen LogP contribution in [-0.2, 0) is 4.79 Å². The van der Waals surface area contributed by atoms with Crippen LogP contribution in [-0.4, -0.2) is 48.0 Å². The number of carbonyl (C=O) groups is 1. The van der Waals surface area contributed by atoms with Crippen molar-refractivity contribution in [3.8, 4) is 0 Å². The average Bonchev–Trinajstić information content (AvgIpc) is 3.30. The van der Waals surface area contributed by atoms with Crippen LogP contribution in [0.4, 0.5) is 0 Å². The van der Waals surface area contributed by atoms with E-state index in [0.717, 1.165) is 44.7 Å². The zero-order valence-electron chi connectivity index (χ0n) is 11.8. The van der Waals surface area contributed by atoms with Crippen LogP contribution < -0.4 is 5.32 Å². The number of nitrogens with one attached hydrogen (secondary N) is 1. The van der Waals surface area contributed by atoms with Gasteiger partial charge in [-0.3, -0.25) is 4.79 Å². The Kier molecular flexibility index (Phi) is 4.69. The fourth-order valence-corrected chi connectivity index (χ4v) is 4.27. The smallest absolute Gasteiger partial charge is 0.225 e. The Labute approximate surface area is 120 Å². The number of thioether (sulfide) groups is 1. The van der Waals surface area contributed by atoms with Gasteiger partial charge in [0.2, 0.25) is 5.91 Å². The molecule has 2 heterocycles. The summed E-state index contributed by atoms with van der Waals surface area (Å²) in [6, 6.07) is 0.659. The topological polar surface area (TPSA) is 32.3 Å². The number of amides is 1. The van der Waals surface area contributed by atoms with Gasteiger partial charge in [-0.15, -0.1) is 0 Å². The van der Waals surface area contributed by atoms with Gasteiger partial charge in [0.05, 0.1) is 0 Å². The van der Waals surface area contributed by atoms with E-state index in [1.54, 1.807) is 0 Å². The lowest BCUT2D eigenvalue weighted by Gasteiger charge is -2.35. The highest BCUT2D eigenvalue weighted by Gasteiger charge is 2.30. The molecule has 1 aliphatic carbocycles.